The van der Waals surface area contributed by atoms with E-state index in [9.17, 15) is 20.0 Å². The molecule has 1 aromatic heterocycles. The van der Waals surface area contributed by atoms with Crippen LogP contribution in [0.2, 0.25) is 0 Å². The summed E-state index contributed by atoms with van der Waals surface area (Å²) < 4.78 is 0. The number of nitro benzene ring substituents is 1. The molecular weight excluding hydrogens is 290 g/mol. The van der Waals surface area contributed by atoms with Crippen molar-refractivity contribution in [2.45, 2.75) is 0 Å². The van der Waals surface area contributed by atoms with Gasteiger partial charge in [-0.2, -0.15) is 5.10 Å². The van der Waals surface area contributed by atoms with Crippen LogP contribution in [-0.4, -0.2) is 31.3 Å². The first-order chi connectivity index (χ1) is 10.5. The van der Waals surface area contributed by atoms with Crippen LogP contribution in [0.3, 0.4) is 0 Å². The van der Waals surface area contributed by atoms with Crippen LogP contribution in [0, 0.1) is 10.1 Å². The van der Waals surface area contributed by atoms with Crippen molar-refractivity contribution in [2.75, 3.05) is 0 Å². The lowest BCUT2D eigenvalue weighted by atomic mass is 10.0. The number of nitrogens with zero attached hydrogens (tertiary/aromatic N) is 2. The number of aromatic hydroxyl groups is 1. The Hall–Kier alpha value is -3.42. The molecule has 3 aromatic rings. The monoisotopic (exact) mass is 299 g/mol. The predicted octanol–water partition coefficient (Wildman–Crippen LogP) is 2.54. The minimum Gasteiger partial charge on any atom is -0.507 e. The van der Waals surface area contributed by atoms with Gasteiger partial charge in [-0.3, -0.25) is 15.2 Å². The van der Waals surface area contributed by atoms with Gasteiger partial charge in [0.15, 0.2) is 0 Å². The van der Waals surface area contributed by atoms with Crippen molar-refractivity contribution in [3.05, 3.63) is 52.1 Å². The Bertz CT molecular complexity index is 916. The first-order valence-electron chi connectivity index (χ1n) is 6.16. The van der Waals surface area contributed by atoms with Crippen molar-refractivity contribution in [1.29, 1.82) is 0 Å². The van der Waals surface area contributed by atoms with Gasteiger partial charge < -0.3 is 10.2 Å². The SMILES string of the molecule is O=C(O)c1ccc2[nH]nc(-c3ccc([N+](=O)[O-])cc3O)c2c1. The number of carboxylic acids is 1. The predicted molar refractivity (Wildman–Crippen MR) is 76.8 cm³/mol. The van der Waals surface area contributed by atoms with E-state index in [-0.39, 0.29) is 22.6 Å². The molecule has 0 fully saturated rings. The van der Waals surface area contributed by atoms with Gasteiger partial charge in [0, 0.05) is 17.0 Å². The zero-order chi connectivity index (χ0) is 15.9. The van der Waals surface area contributed by atoms with Crippen molar-refractivity contribution in [3.8, 4) is 17.0 Å². The van der Waals surface area contributed by atoms with E-state index in [1.165, 1.54) is 24.3 Å². The summed E-state index contributed by atoms with van der Waals surface area (Å²) in [6, 6.07) is 8.07. The van der Waals surface area contributed by atoms with E-state index in [1.807, 2.05) is 0 Å². The molecule has 8 heteroatoms. The number of non-ortho nitro benzene ring substituents is 1. The Labute approximate surface area is 122 Å². The first kappa shape index (κ1) is 13.6. The molecule has 8 nitrogen and oxygen atoms in total. The van der Waals surface area contributed by atoms with Crippen LogP contribution < -0.4 is 0 Å². The van der Waals surface area contributed by atoms with Gasteiger partial charge >= 0.3 is 5.97 Å². The van der Waals surface area contributed by atoms with Crippen molar-refractivity contribution in [3.63, 3.8) is 0 Å². The number of phenols is 1. The summed E-state index contributed by atoms with van der Waals surface area (Å²) in [4.78, 5) is 21.1. The van der Waals surface area contributed by atoms with Crippen molar-refractivity contribution < 1.29 is 19.9 Å². The topological polar surface area (TPSA) is 129 Å². The highest BCUT2D eigenvalue weighted by Gasteiger charge is 2.16. The van der Waals surface area contributed by atoms with Gasteiger partial charge in [-0.25, -0.2) is 4.79 Å². The highest BCUT2D eigenvalue weighted by Crippen LogP contribution is 2.35. The highest BCUT2D eigenvalue weighted by molar-refractivity contribution is 5.99. The highest BCUT2D eigenvalue weighted by atomic mass is 16.6. The Morgan fingerprint density at radius 2 is 2.00 bits per heavy atom. The van der Waals surface area contributed by atoms with Gasteiger partial charge in [-0.15, -0.1) is 0 Å². The van der Waals surface area contributed by atoms with Crippen LogP contribution in [0.4, 0.5) is 5.69 Å². The molecule has 0 saturated heterocycles. The van der Waals surface area contributed by atoms with Gasteiger partial charge in [0.25, 0.3) is 5.69 Å². The minimum atomic E-state index is -1.08. The number of nitrogens with one attached hydrogen (secondary N) is 1. The number of fused-ring (bicyclic) bond motifs is 1. The molecule has 1 heterocycles. The Balaban J connectivity index is 2.20. The third-order valence-corrected chi connectivity index (χ3v) is 3.26. The first-order valence-corrected chi connectivity index (χ1v) is 6.16. The van der Waals surface area contributed by atoms with E-state index >= 15 is 0 Å². The Morgan fingerprint density at radius 3 is 2.64 bits per heavy atom. The number of aromatic nitrogens is 2. The largest absolute Gasteiger partial charge is 0.507 e. The molecule has 0 aliphatic heterocycles. The fourth-order valence-corrected chi connectivity index (χ4v) is 2.19. The van der Waals surface area contributed by atoms with Crippen LogP contribution in [0.15, 0.2) is 36.4 Å². The molecule has 22 heavy (non-hydrogen) atoms. The summed E-state index contributed by atoms with van der Waals surface area (Å²) in [7, 11) is 0. The van der Waals surface area contributed by atoms with Crippen molar-refractivity contribution in [2.24, 2.45) is 0 Å². The number of H-pyrrole nitrogens is 1. The molecule has 0 unspecified atom stereocenters. The van der Waals surface area contributed by atoms with Gasteiger partial charge in [-0.1, -0.05) is 0 Å². The second-order valence-electron chi connectivity index (χ2n) is 4.60. The number of rotatable bonds is 3. The number of benzene rings is 2. The maximum Gasteiger partial charge on any atom is 0.335 e. The fourth-order valence-electron chi connectivity index (χ4n) is 2.19. The second-order valence-corrected chi connectivity index (χ2v) is 4.60. The lowest BCUT2D eigenvalue weighted by Gasteiger charge is -2.02. The number of hydrogen-bond donors (Lipinski definition) is 3. The zero-order valence-corrected chi connectivity index (χ0v) is 11.0. The quantitative estimate of drug-likeness (QED) is 0.503. The summed E-state index contributed by atoms with van der Waals surface area (Å²) >= 11 is 0. The van der Waals surface area contributed by atoms with Crippen LogP contribution in [-0.2, 0) is 0 Å². The van der Waals surface area contributed by atoms with E-state index in [4.69, 9.17) is 5.11 Å². The summed E-state index contributed by atoms with van der Waals surface area (Å²) in [5.74, 6) is -1.38. The number of hydrogen-bond acceptors (Lipinski definition) is 5. The van der Waals surface area contributed by atoms with Gasteiger partial charge in [0.05, 0.1) is 22.1 Å². The molecule has 0 aliphatic rings. The number of carbonyl (C=O) groups is 1. The molecular formula is C14H9N3O5. The molecule has 0 saturated carbocycles. The smallest absolute Gasteiger partial charge is 0.335 e. The van der Waals surface area contributed by atoms with E-state index < -0.39 is 10.9 Å². The van der Waals surface area contributed by atoms with E-state index in [0.717, 1.165) is 6.07 Å². The lowest BCUT2D eigenvalue weighted by molar-refractivity contribution is -0.384. The summed E-state index contributed by atoms with van der Waals surface area (Å²) in [6.45, 7) is 0. The summed E-state index contributed by atoms with van der Waals surface area (Å²) in [5, 5.41) is 37.0. The van der Waals surface area contributed by atoms with Gasteiger partial charge in [0.1, 0.15) is 11.4 Å². The zero-order valence-electron chi connectivity index (χ0n) is 11.0. The van der Waals surface area contributed by atoms with Crippen LogP contribution in [0.1, 0.15) is 10.4 Å². The maximum absolute atomic E-state index is 11.0. The third-order valence-electron chi connectivity index (χ3n) is 3.26. The van der Waals surface area contributed by atoms with Gasteiger partial charge in [0.2, 0.25) is 0 Å². The summed E-state index contributed by atoms with van der Waals surface area (Å²) in [5.41, 5.74) is 1.03. The second kappa shape index (κ2) is 4.85. The molecule has 0 aliphatic carbocycles. The molecule has 0 bridgehead atoms. The van der Waals surface area contributed by atoms with Crippen molar-refractivity contribution in [1.82, 2.24) is 10.2 Å². The number of aromatic amines is 1. The normalized spacial score (nSPS) is 10.7. The van der Waals surface area contributed by atoms with Gasteiger partial charge in [-0.05, 0) is 24.3 Å². The molecule has 0 atom stereocenters. The molecule has 110 valence electrons. The van der Waals surface area contributed by atoms with E-state index in [1.54, 1.807) is 6.07 Å². The average Bonchev–Trinajstić information content (AvgIpc) is 2.89. The molecule has 0 spiro atoms. The van der Waals surface area contributed by atoms with Crippen LogP contribution >= 0.6 is 0 Å². The van der Waals surface area contributed by atoms with Crippen molar-refractivity contribution >= 4 is 22.6 Å². The molecule has 3 N–H and O–H groups in total. The maximum atomic E-state index is 11.0. The van der Waals surface area contributed by atoms with Crippen LogP contribution in [0.25, 0.3) is 22.2 Å². The van der Waals surface area contributed by atoms with E-state index in [2.05, 4.69) is 10.2 Å². The average molecular weight is 299 g/mol. The fraction of sp³-hybridized carbons (Fsp3) is 0. The summed E-state index contributed by atoms with van der Waals surface area (Å²) in [6.07, 6.45) is 0. The van der Waals surface area contributed by atoms with E-state index in [0.29, 0.717) is 16.6 Å². The number of phenolic OH excluding ortho intramolecular Hbond substituents is 1. The number of carboxylic acid groups (broad SMARTS) is 1. The number of aromatic carboxylic acids is 1. The molecule has 2 aromatic carbocycles. The Morgan fingerprint density at radius 1 is 1.23 bits per heavy atom. The lowest BCUT2D eigenvalue weighted by Crippen LogP contribution is -1.95. The third kappa shape index (κ3) is 2.12. The minimum absolute atomic E-state index is 0.0801. The molecule has 3 rings (SSSR count). The standard InChI is InChI=1S/C14H9N3O5/c18-12-6-8(17(21)22)2-3-9(12)13-10-5-7(14(19)20)1-4-11(10)15-16-13/h1-6,18H,(H,15,16)(H,19,20). The molecule has 0 radical (unpaired) electrons. The molecule has 0 amide bonds. The number of nitro groups is 1. The Kier molecular flexibility index (Phi) is 2.99. The van der Waals surface area contributed by atoms with Crippen LogP contribution in [0.5, 0.6) is 5.75 Å².